The van der Waals surface area contributed by atoms with Crippen LogP contribution in [-0.4, -0.2) is 17.3 Å². The summed E-state index contributed by atoms with van der Waals surface area (Å²) in [5.41, 5.74) is 6.64. The van der Waals surface area contributed by atoms with Crippen LogP contribution in [-0.2, 0) is 6.42 Å². The fourth-order valence-corrected chi connectivity index (χ4v) is 1.15. The molecule has 0 heterocycles. The molecule has 1 atom stereocenters. The van der Waals surface area contributed by atoms with E-state index in [0.717, 1.165) is 12.8 Å². The average molecular weight is 179 g/mol. The number of hydrogen-bond donors (Lipinski definition) is 2. The zero-order chi connectivity index (χ0) is 9.73. The van der Waals surface area contributed by atoms with Gasteiger partial charge in [-0.1, -0.05) is 30.3 Å². The molecule has 1 rings (SSSR count). The Morgan fingerprint density at radius 1 is 1.31 bits per heavy atom. The Morgan fingerprint density at radius 2 is 1.92 bits per heavy atom. The molecule has 0 saturated heterocycles. The maximum Gasteiger partial charge on any atom is 0.0608 e. The first-order valence-corrected chi connectivity index (χ1v) is 4.58. The lowest BCUT2D eigenvalue weighted by atomic mass is 9.95. The van der Waals surface area contributed by atoms with Gasteiger partial charge in [0.15, 0.2) is 0 Å². The van der Waals surface area contributed by atoms with Crippen LogP contribution in [0.3, 0.4) is 0 Å². The minimum atomic E-state index is -0.449. The summed E-state index contributed by atoms with van der Waals surface area (Å²) in [6.45, 7) is 1.91. The molecule has 0 unspecified atom stereocenters. The zero-order valence-corrected chi connectivity index (χ0v) is 8.03. The van der Waals surface area contributed by atoms with E-state index >= 15 is 0 Å². The van der Waals surface area contributed by atoms with Gasteiger partial charge in [-0.25, -0.2) is 0 Å². The molecule has 0 amide bonds. The molecule has 0 saturated carbocycles. The maximum absolute atomic E-state index is 8.95. The third-order valence-electron chi connectivity index (χ3n) is 2.19. The predicted octanol–water partition coefficient (Wildman–Crippen LogP) is 1.33. The second kappa shape index (κ2) is 4.40. The van der Waals surface area contributed by atoms with Crippen molar-refractivity contribution in [3.05, 3.63) is 35.9 Å². The van der Waals surface area contributed by atoms with Crippen molar-refractivity contribution in [1.82, 2.24) is 0 Å². The maximum atomic E-state index is 8.95. The van der Waals surface area contributed by atoms with Gasteiger partial charge >= 0.3 is 0 Å². The Balaban J connectivity index is 2.44. The Morgan fingerprint density at radius 3 is 2.46 bits per heavy atom. The summed E-state index contributed by atoms with van der Waals surface area (Å²) in [6.07, 6.45) is 1.74. The highest BCUT2D eigenvalue weighted by atomic mass is 16.3. The molecule has 0 spiro atoms. The van der Waals surface area contributed by atoms with Gasteiger partial charge in [-0.3, -0.25) is 0 Å². The number of aliphatic hydroxyl groups is 1. The fraction of sp³-hybridized carbons (Fsp3) is 0.455. The van der Waals surface area contributed by atoms with Gasteiger partial charge in [-0.15, -0.1) is 0 Å². The molecule has 0 aromatic heterocycles. The van der Waals surface area contributed by atoms with E-state index in [1.807, 2.05) is 25.1 Å². The summed E-state index contributed by atoms with van der Waals surface area (Å²) in [5, 5.41) is 8.95. The third kappa shape index (κ3) is 3.57. The molecular weight excluding hydrogens is 162 g/mol. The molecule has 72 valence electrons. The van der Waals surface area contributed by atoms with Crippen molar-refractivity contribution < 1.29 is 5.11 Å². The van der Waals surface area contributed by atoms with Crippen LogP contribution >= 0.6 is 0 Å². The largest absolute Gasteiger partial charge is 0.394 e. The van der Waals surface area contributed by atoms with Gasteiger partial charge in [0.1, 0.15) is 0 Å². The van der Waals surface area contributed by atoms with Crippen molar-refractivity contribution in [2.75, 3.05) is 6.61 Å². The molecule has 0 aliphatic carbocycles. The first-order chi connectivity index (χ1) is 6.14. The number of aryl methyl sites for hydroxylation is 1. The van der Waals surface area contributed by atoms with Gasteiger partial charge < -0.3 is 10.8 Å². The summed E-state index contributed by atoms with van der Waals surface area (Å²) >= 11 is 0. The molecule has 0 fully saturated rings. The normalized spacial score (nSPS) is 15.3. The first-order valence-electron chi connectivity index (χ1n) is 4.58. The molecule has 0 aliphatic rings. The number of nitrogens with two attached hydrogens (primary N) is 1. The van der Waals surface area contributed by atoms with Crippen LogP contribution in [0.2, 0.25) is 0 Å². The molecule has 1 aromatic carbocycles. The van der Waals surface area contributed by atoms with E-state index in [1.165, 1.54) is 5.56 Å². The van der Waals surface area contributed by atoms with Crippen molar-refractivity contribution in [3.8, 4) is 0 Å². The number of hydrogen-bond acceptors (Lipinski definition) is 2. The molecule has 1 aromatic rings. The van der Waals surface area contributed by atoms with Gasteiger partial charge in [0, 0.05) is 5.54 Å². The highest BCUT2D eigenvalue weighted by Gasteiger charge is 2.15. The molecule has 2 nitrogen and oxygen atoms in total. The standard InChI is InChI=1S/C11H17NO/c1-11(12,9-13)8-7-10-5-3-2-4-6-10/h2-6,13H,7-9,12H2,1H3/t11-/m0/s1. The smallest absolute Gasteiger partial charge is 0.0608 e. The van der Waals surface area contributed by atoms with E-state index in [4.69, 9.17) is 10.8 Å². The lowest BCUT2D eigenvalue weighted by molar-refractivity contribution is 0.200. The molecule has 13 heavy (non-hydrogen) atoms. The first kappa shape index (κ1) is 10.2. The number of rotatable bonds is 4. The van der Waals surface area contributed by atoms with E-state index in [9.17, 15) is 0 Å². The van der Waals surface area contributed by atoms with Crippen LogP contribution in [0, 0.1) is 0 Å². The van der Waals surface area contributed by atoms with Crippen molar-refractivity contribution in [2.45, 2.75) is 25.3 Å². The Hall–Kier alpha value is -0.860. The van der Waals surface area contributed by atoms with E-state index in [0.29, 0.717) is 0 Å². The minimum Gasteiger partial charge on any atom is -0.394 e. The quantitative estimate of drug-likeness (QED) is 0.732. The molecule has 3 N–H and O–H groups in total. The van der Waals surface area contributed by atoms with E-state index in [-0.39, 0.29) is 6.61 Å². The Labute approximate surface area is 79.4 Å². The Bertz CT molecular complexity index is 244. The number of aliphatic hydroxyl groups excluding tert-OH is 1. The highest BCUT2D eigenvalue weighted by Crippen LogP contribution is 2.10. The monoisotopic (exact) mass is 179 g/mol. The van der Waals surface area contributed by atoms with Crippen LogP contribution in [0.4, 0.5) is 0 Å². The van der Waals surface area contributed by atoms with Crippen LogP contribution in [0.25, 0.3) is 0 Å². The fourth-order valence-electron chi connectivity index (χ4n) is 1.15. The summed E-state index contributed by atoms with van der Waals surface area (Å²) in [5.74, 6) is 0. The van der Waals surface area contributed by atoms with Crippen molar-refractivity contribution in [2.24, 2.45) is 5.73 Å². The highest BCUT2D eigenvalue weighted by molar-refractivity contribution is 5.15. The van der Waals surface area contributed by atoms with Crippen LogP contribution in [0.5, 0.6) is 0 Å². The second-order valence-corrected chi connectivity index (χ2v) is 3.80. The molecule has 0 bridgehead atoms. The van der Waals surface area contributed by atoms with E-state index in [2.05, 4.69) is 12.1 Å². The van der Waals surface area contributed by atoms with Crippen molar-refractivity contribution >= 4 is 0 Å². The average Bonchev–Trinajstić information content (AvgIpc) is 2.17. The van der Waals surface area contributed by atoms with Gasteiger partial charge in [0.05, 0.1) is 6.61 Å². The lowest BCUT2D eigenvalue weighted by Crippen LogP contribution is -2.40. The lowest BCUT2D eigenvalue weighted by Gasteiger charge is -2.21. The summed E-state index contributed by atoms with van der Waals surface area (Å²) in [7, 11) is 0. The van der Waals surface area contributed by atoms with Crippen molar-refractivity contribution in [1.29, 1.82) is 0 Å². The van der Waals surface area contributed by atoms with Gasteiger partial charge in [0.25, 0.3) is 0 Å². The van der Waals surface area contributed by atoms with Crippen molar-refractivity contribution in [3.63, 3.8) is 0 Å². The van der Waals surface area contributed by atoms with Gasteiger partial charge in [-0.05, 0) is 25.3 Å². The summed E-state index contributed by atoms with van der Waals surface area (Å²) in [6, 6.07) is 10.2. The number of benzene rings is 1. The van der Waals surface area contributed by atoms with Gasteiger partial charge in [0.2, 0.25) is 0 Å². The SMILES string of the molecule is C[C@@](N)(CO)CCc1ccccc1. The third-order valence-corrected chi connectivity index (χ3v) is 2.19. The summed E-state index contributed by atoms with van der Waals surface area (Å²) < 4.78 is 0. The van der Waals surface area contributed by atoms with E-state index in [1.54, 1.807) is 0 Å². The van der Waals surface area contributed by atoms with Crippen LogP contribution in [0.1, 0.15) is 18.9 Å². The predicted molar refractivity (Wildman–Crippen MR) is 54.4 cm³/mol. The van der Waals surface area contributed by atoms with Crippen LogP contribution in [0.15, 0.2) is 30.3 Å². The van der Waals surface area contributed by atoms with Gasteiger partial charge in [-0.2, -0.15) is 0 Å². The topological polar surface area (TPSA) is 46.2 Å². The van der Waals surface area contributed by atoms with E-state index < -0.39 is 5.54 Å². The molecule has 0 aliphatic heterocycles. The Kier molecular flexibility index (Phi) is 3.46. The molecular formula is C11H17NO. The van der Waals surface area contributed by atoms with Crippen LogP contribution < -0.4 is 5.73 Å². The second-order valence-electron chi connectivity index (χ2n) is 3.80. The zero-order valence-electron chi connectivity index (χ0n) is 8.03. The molecule has 2 heteroatoms. The summed E-state index contributed by atoms with van der Waals surface area (Å²) in [4.78, 5) is 0. The molecule has 0 radical (unpaired) electrons. The minimum absolute atomic E-state index is 0.0415.